The molecule has 0 aliphatic rings. The first-order valence-electron chi connectivity index (χ1n) is 7.42. The van der Waals surface area contributed by atoms with Crippen LogP contribution in [0, 0.1) is 0 Å². The molecule has 2 aromatic heterocycles. The molecule has 0 radical (unpaired) electrons. The molecule has 0 aliphatic heterocycles. The Kier molecular flexibility index (Phi) is 4.92. The molecule has 1 aromatic carbocycles. The molecule has 0 spiro atoms. The Morgan fingerprint density at radius 2 is 2.00 bits per heavy atom. The molecule has 3 aromatic rings. The molecule has 2 heterocycles. The van der Waals surface area contributed by atoms with Gasteiger partial charge in [0, 0.05) is 12.8 Å². The predicted octanol–water partition coefficient (Wildman–Crippen LogP) is 3.80. The number of anilines is 1. The minimum atomic E-state index is -4.85. The van der Waals surface area contributed by atoms with Gasteiger partial charge >= 0.3 is 6.36 Å². The fourth-order valence-electron chi connectivity index (χ4n) is 2.08. The van der Waals surface area contributed by atoms with Crippen LogP contribution >= 0.6 is 0 Å². The fourth-order valence-corrected chi connectivity index (χ4v) is 2.08. The van der Waals surface area contributed by atoms with Crippen LogP contribution in [-0.2, 0) is 11.2 Å². The highest BCUT2D eigenvalue weighted by Gasteiger charge is 2.32. The SMILES string of the molecule is O=C(CCc1nc(-c2ccco2)no1)Nc1ccccc1OC(F)(F)F. The van der Waals surface area contributed by atoms with Crippen molar-refractivity contribution in [1.29, 1.82) is 0 Å². The molecule has 136 valence electrons. The van der Waals surface area contributed by atoms with Gasteiger partial charge in [0.2, 0.25) is 17.6 Å². The number of aryl methyl sites for hydroxylation is 1. The van der Waals surface area contributed by atoms with Crippen LogP contribution in [0.25, 0.3) is 11.6 Å². The van der Waals surface area contributed by atoms with Gasteiger partial charge in [-0.25, -0.2) is 0 Å². The van der Waals surface area contributed by atoms with Gasteiger partial charge in [-0.2, -0.15) is 4.98 Å². The van der Waals surface area contributed by atoms with Crippen LogP contribution in [0.5, 0.6) is 5.75 Å². The van der Waals surface area contributed by atoms with Gasteiger partial charge in [-0.1, -0.05) is 17.3 Å². The van der Waals surface area contributed by atoms with E-state index in [9.17, 15) is 18.0 Å². The van der Waals surface area contributed by atoms with E-state index in [0.29, 0.717) is 5.76 Å². The molecule has 0 saturated carbocycles. The lowest BCUT2D eigenvalue weighted by molar-refractivity contribution is -0.274. The summed E-state index contributed by atoms with van der Waals surface area (Å²) in [6.07, 6.45) is -3.35. The van der Waals surface area contributed by atoms with Gasteiger partial charge in [0.15, 0.2) is 11.5 Å². The van der Waals surface area contributed by atoms with Crippen LogP contribution in [0.1, 0.15) is 12.3 Å². The zero-order valence-corrected chi connectivity index (χ0v) is 13.1. The Labute approximate surface area is 144 Å². The molecule has 0 saturated heterocycles. The molecule has 0 fully saturated rings. The number of alkyl halides is 3. The summed E-state index contributed by atoms with van der Waals surface area (Å²) in [4.78, 5) is 16.1. The number of amides is 1. The minimum absolute atomic E-state index is 0.0693. The van der Waals surface area contributed by atoms with Crippen molar-refractivity contribution in [2.24, 2.45) is 0 Å². The maximum absolute atomic E-state index is 12.4. The molecule has 0 unspecified atom stereocenters. The summed E-state index contributed by atoms with van der Waals surface area (Å²) in [5, 5.41) is 6.08. The van der Waals surface area contributed by atoms with Crippen LogP contribution in [-0.4, -0.2) is 22.4 Å². The molecule has 0 atom stereocenters. The standard InChI is InChI=1S/C16H12F3N3O4/c17-16(18,19)25-11-5-2-1-4-10(11)20-13(23)7-8-14-21-15(22-26-14)12-6-3-9-24-12/h1-6,9H,7-8H2,(H,20,23). The first kappa shape index (κ1) is 17.5. The molecular formula is C16H12F3N3O4. The van der Waals surface area contributed by atoms with E-state index in [2.05, 4.69) is 20.2 Å². The second-order valence-corrected chi connectivity index (χ2v) is 5.08. The number of hydrogen-bond donors (Lipinski definition) is 1. The normalized spacial score (nSPS) is 11.3. The number of carbonyl (C=O) groups is 1. The third kappa shape index (κ3) is 4.62. The van der Waals surface area contributed by atoms with Gasteiger partial charge in [-0.3, -0.25) is 4.79 Å². The van der Waals surface area contributed by atoms with Crippen molar-refractivity contribution in [3.8, 4) is 17.3 Å². The highest BCUT2D eigenvalue weighted by Crippen LogP contribution is 2.30. The summed E-state index contributed by atoms with van der Waals surface area (Å²) in [7, 11) is 0. The Morgan fingerprint density at radius 1 is 1.19 bits per heavy atom. The number of benzene rings is 1. The number of aromatic nitrogens is 2. The molecular weight excluding hydrogens is 355 g/mol. The van der Waals surface area contributed by atoms with E-state index in [1.54, 1.807) is 12.1 Å². The average Bonchev–Trinajstić information content (AvgIpc) is 3.24. The average molecular weight is 367 g/mol. The first-order valence-corrected chi connectivity index (χ1v) is 7.42. The van der Waals surface area contributed by atoms with E-state index in [1.165, 1.54) is 24.5 Å². The Balaban J connectivity index is 1.58. The third-order valence-corrected chi connectivity index (χ3v) is 3.16. The van der Waals surface area contributed by atoms with Crippen molar-refractivity contribution in [2.75, 3.05) is 5.32 Å². The van der Waals surface area contributed by atoms with Gasteiger partial charge < -0.3 is 19.0 Å². The molecule has 3 rings (SSSR count). The lowest BCUT2D eigenvalue weighted by Crippen LogP contribution is -2.19. The number of hydrogen-bond acceptors (Lipinski definition) is 6. The number of furan rings is 1. The summed E-state index contributed by atoms with van der Waals surface area (Å²) >= 11 is 0. The van der Waals surface area contributed by atoms with Gasteiger partial charge in [-0.05, 0) is 24.3 Å². The molecule has 10 heteroatoms. The minimum Gasteiger partial charge on any atom is -0.461 e. The smallest absolute Gasteiger partial charge is 0.461 e. The number of rotatable bonds is 6. The molecule has 0 aliphatic carbocycles. The van der Waals surface area contributed by atoms with Crippen LogP contribution in [0.3, 0.4) is 0 Å². The van der Waals surface area contributed by atoms with Crippen molar-refractivity contribution in [3.63, 3.8) is 0 Å². The van der Waals surface area contributed by atoms with Crippen LogP contribution in [0.2, 0.25) is 0 Å². The van der Waals surface area contributed by atoms with Gasteiger partial charge in [0.1, 0.15) is 0 Å². The Bertz CT molecular complexity index is 875. The van der Waals surface area contributed by atoms with Crippen molar-refractivity contribution < 1.29 is 31.6 Å². The van der Waals surface area contributed by atoms with Crippen LogP contribution in [0.4, 0.5) is 18.9 Å². The first-order chi connectivity index (χ1) is 12.4. The zero-order chi connectivity index (χ0) is 18.6. The lowest BCUT2D eigenvalue weighted by atomic mass is 10.2. The Hall–Kier alpha value is -3.30. The zero-order valence-electron chi connectivity index (χ0n) is 13.1. The van der Waals surface area contributed by atoms with E-state index >= 15 is 0 Å². The van der Waals surface area contributed by atoms with Crippen molar-refractivity contribution in [1.82, 2.24) is 10.1 Å². The summed E-state index contributed by atoms with van der Waals surface area (Å²) in [6, 6.07) is 8.58. The molecule has 26 heavy (non-hydrogen) atoms. The summed E-state index contributed by atoms with van der Waals surface area (Å²) in [5.41, 5.74) is -0.0865. The van der Waals surface area contributed by atoms with E-state index in [4.69, 9.17) is 8.94 Å². The maximum Gasteiger partial charge on any atom is 0.573 e. The quantitative estimate of drug-likeness (QED) is 0.713. The predicted molar refractivity (Wildman–Crippen MR) is 82.1 cm³/mol. The summed E-state index contributed by atoms with van der Waals surface area (Å²) in [5.74, 6) is -0.157. The molecule has 1 N–H and O–H groups in total. The van der Waals surface area contributed by atoms with Gasteiger partial charge in [0.25, 0.3) is 0 Å². The number of nitrogens with one attached hydrogen (secondary N) is 1. The number of nitrogens with zero attached hydrogens (tertiary/aromatic N) is 2. The molecule has 7 nitrogen and oxygen atoms in total. The lowest BCUT2D eigenvalue weighted by Gasteiger charge is -2.13. The Morgan fingerprint density at radius 3 is 2.73 bits per heavy atom. The number of ether oxygens (including phenoxy) is 1. The van der Waals surface area contributed by atoms with E-state index in [0.717, 1.165) is 6.07 Å². The molecule has 0 bridgehead atoms. The van der Waals surface area contributed by atoms with Crippen LogP contribution < -0.4 is 10.1 Å². The van der Waals surface area contributed by atoms with Crippen LogP contribution in [0.15, 0.2) is 51.6 Å². The molecule has 1 amide bonds. The second-order valence-electron chi connectivity index (χ2n) is 5.08. The monoisotopic (exact) mass is 367 g/mol. The van der Waals surface area contributed by atoms with Crippen molar-refractivity contribution >= 4 is 11.6 Å². The number of para-hydroxylation sites is 2. The topological polar surface area (TPSA) is 90.4 Å². The summed E-state index contributed by atoms with van der Waals surface area (Å²) < 4.78 is 51.1. The van der Waals surface area contributed by atoms with Gasteiger partial charge in [-0.15, -0.1) is 13.2 Å². The third-order valence-electron chi connectivity index (χ3n) is 3.16. The largest absolute Gasteiger partial charge is 0.573 e. The fraction of sp³-hybridized carbons (Fsp3) is 0.188. The van der Waals surface area contributed by atoms with Crippen molar-refractivity contribution in [3.05, 3.63) is 48.6 Å². The van der Waals surface area contributed by atoms with Gasteiger partial charge in [0.05, 0.1) is 12.0 Å². The highest BCUT2D eigenvalue weighted by molar-refractivity contribution is 5.92. The highest BCUT2D eigenvalue weighted by atomic mass is 19.4. The van der Waals surface area contributed by atoms with Crippen molar-refractivity contribution in [2.45, 2.75) is 19.2 Å². The number of carbonyl (C=O) groups excluding carboxylic acids is 1. The number of halogens is 3. The van der Waals surface area contributed by atoms with E-state index < -0.39 is 18.0 Å². The maximum atomic E-state index is 12.4. The summed E-state index contributed by atoms with van der Waals surface area (Å²) in [6.45, 7) is 0. The van der Waals surface area contributed by atoms with E-state index in [-0.39, 0.29) is 30.2 Å². The second kappa shape index (κ2) is 7.30. The van der Waals surface area contributed by atoms with E-state index in [1.807, 2.05) is 0 Å².